The molecule has 0 spiro atoms. The lowest BCUT2D eigenvalue weighted by Gasteiger charge is -2.24. The van der Waals surface area contributed by atoms with Crippen molar-refractivity contribution in [1.29, 1.82) is 0 Å². The van der Waals surface area contributed by atoms with Gasteiger partial charge < -0.3 is 19.2 Å². The minimum absolute atomic E-state index is 0.0486. The van der Waals surface area contributed by atoms with Gasteiger partial charge in [0.1, 0.15) is 23.8 Å². The van der Waals surface area contributed by atoms with Gasteiger partial charge in [-0.2, -0.15) is 5.10 Å². The summed E-state index contributed by atoms with van der Waals surface area (Å²) in [6.07, 6.45) is 2.94. The number of anilines is 1. The van der Waals surface area contributed by atoms with Crippen molar-refractivity contribution < 1.29 is 31.9 Å². The molecule has 11 nitrogen and oxygen atoms in total. The van der Waals surface area contributed by atoms with E-state index >= 15 is 0 Å². The second kappa shape index (κ2) is 14.5. The lowest BCUT2D eigenvalue weighted by atomic mass is 10.2. The van der Waals surface area contributed by atoms with Gasteiger partial charge in [0.25, 0.3) is 21.8 Å². The highest BCUT2D eigenvalue weighted by Crippen LogP contribution is 2.25. The molecule has 2 N–H and O–H groups in total. The number of carbonyl (C=O) groups is 2. The number of hydrogen-bond donors (Lipinski definition) is 2. The Morgan fingerprint density at radius 2 is 1.57 bits per heavy atom. The largest absolute Gasteiger partial charge is 0.494 e. The second-order valence-corrected chi connectivity index (χ2v) is 10.6. The minimum Gasteiger partial charge on any atom is -0.494 e. The zero-order valence-electron chi connectivity index (χ0n) is 22.8. The molecule has 4 rings (SSSR count). The summed E-state index contributed by atoms with van der Waals surface area (Å²) in [7, 11) is -4.05. The van der Waals surface area contributed by atoms with E-state index in [1.807, 2.05) is 6.92 Å². The van der Waals surface area contributed by atoms with Crippen molar-refractivity contribution in [3.63, 3.8) is 0 Å². The van der Waals surface area contributed by atoms with Gasteiger partial charge in [-0.3, -0.25) is 13.9 Å². The standard InChI is InChI=1S/C30H30N4O7S/c1-2-39-25-16-12-24(13-17-25)34(42(37,38)28-8-4-3-5-9-28)21-29(35)33-32-19-23-10-14-26(15-11-23)41-22-30(36)31-20-27-7-6-18-40-27/h3-19H,2,20-22H2,1H3,(H,31,36)(H,33,35)/b32-19+. The van der Waals surface area contributed by atoms with Crippen LogP contribution in [0.25, 0.3) is 0 Å². The van der Waals surface area contributed by atoms with E-state index in [0.29, 0.717) is 35.1 Å². The first kappa shape index (κ1) is 29.9. The van der Waals surface area contributed by atoms with Crippen molar-refractivity contribution >= 4 is 33.7 Å². The Morgan fingerprint density at radius 1 is 0.881 bits per heavy atom. The molecule has 3 aromatic carbocycles. The van der Waals surface area contributed by atoms with Crippen LogP contribution in [0.15, 0.2) is 112 Å². The molecule has 0 radical (unpaired) electrons. The Hall–Kier alpha value is -5.10. The molecule has 4 aromatic rings. The summed E-state index contributed by atoms with van der Waals surface area (Å²) in [5.41, 5.74) is 3.32. The van der Waals surface area contributed by atoms with E-state index in [9.17, 15) is 18.0 Å². The van der Waals surface area contributed by atoms with E-state index in [2.05, 4.69) is 15.8 Å². The zero-order chi connectivity index (χ0) is 29.8. The molecule has 42 heavy (non-hydrogen) atoms. The predicted molar refractivity (Wildman–Crippen MR) is 157 cm³/mol. The Kier molecular flexibility index (Phi) is 10.3. The maximum absolute atomic E-state index is 13.4. The van der Waals surface area contributed by atoms with Crippen molar-refractivity contribution in [1.82, 2.24) is 10.7 Å². The SMILES string of the molecule is CCOc1ccc(N(CC(=O)N/N=C/c2ccc(OCC(=O)NCc3ccco3)cc2)S(=O)(=O)c2ccccc2)cc1. The fourth-order valence-corrected chi connectivity index (χ4v) is 5.15. The van der Waals surface area contributed by atoms with Gasteiger partial charge in [0.05, 0.1) is 36.2 Å². The van der Waals surface area contributed by atoms with Crippen LogP contribution in [-0.2, 0) is 26.2 Å². The van der Waals surface area contributed by atoms with Gasteiger partial charge in [-0.25, -0.2) is 13.8 Å². The van der Waals surface area contributed by atoms with E-state index in [0.717, 1.165) is 4.31 Å². The third-order valence-corrected chi connectivity index (χ3v) is 7.53. The number of sulfonamides is 1. The summed E-state index contributed by atoms with van der Waals surface area (Å²) in [6, 6.07) is 24.5. The molecule has 12 heteroatoms. The Morgan fingerprint density at radius 3 is 2.24 bits per heavy atom. The molecule has 0 unspecified atom stereocenters. The van der Waals surface area contributed by atoms with Crippen LogP contribution in [0.3, 0.4) is 0 Å². The van der Waals surface area contributed by atoms with Gasteiger partial charge in [-0.1, -0.05) is 18.2 Å². The topological polar surface area (TPSA) is 140 Å². The first-order valence-electron chi connectivity index (χ1n) is 13.0. The number of rotatable bonds is 14. The van der Waals surface area contributed by atoms with Gasteiger partial charge in [0, 0.05) is 0 Å². The van der Waals surface area contributed by atoms with Gasteiger partial charge in [-0.05, 0) is 85.3 Å². The maximum atomic E-state index is 13.4. The van der Waals surface area contributed by atoms with Gasteiger partial charge in [-0.15, -0.1) is 0 Å². The minimum atomic E-state index is -4.05. The summed E-state index contributed by atoms with van der Waals surface area (Å²) in [5.74, 6) is 0.757. The first-order chi connectivity index (χ1) is 20.3. The number of furan rings is 1. The van der Waals surface area contributed by atoms with E-state index < -0.39 is 22.5 Å². The number of nitrogens with zero attached hydrogens (tertiary/aromatic N) is 2. The van der Waals surface area contributed by atoms with Gasteiger partial charge in [0.15, 0.2) is 6.61 Å². The normalized spacial score (nSPS) is 11.2. The summed E-state index contributed by atoms with van der Waals surface area (Å²) in [5, 5.41) is 6.64. The van der Waals surface area contributed by atoms with Crippen LogP contribution in [-0.4, -0.2) is 46.2 Å². The fraction of sp³-hybridized carbons (Fsp3) is 0.167. The molecular formula is C30H30N4O7S. The number of carbonyl (C=O) groups excluding carboxylic acids is 2. The quantitative estimate of drug-likeness (QED) is 0.169. The molecule has 0 fully saturated rings. The number of nitrogens with one attached hydrogen (secondary N) is 2. The molecule has 1 heterocycles. The Bertz CT molecular complexity index is 1570. The Balaban J connectivity index is 1.34. The number of hydrazone groups is 1. The lowest BCUT2D eigenvalue weighted by Crippen LogP contribution is -2.39. The van der Waals surface area contributed by atoms with Gasteiger partial charge in [0.2, 0.25) is 0 Å². The number of hydrogen-bond acceptors (Lipinski definition) is 8. The predicted octanol–water partition coefficient (Wildman–Crippen LogP) is 3.72. The monoisotopic (exact) mass is 590 g/mol. The van der Waals surface area contributed by atoms with Crippen molar-refractivity contribution in [3.05, 3.63) is 109 Å². The van der Waals surface area contributed by atoms with Crippen LogP contribution in [0.2, 0.25) is 0 Å². The molecule has 0 bridgehead atoms. The summed E-state index contributed by atoms with van der Waals surface area (Å²) in [4.78, 5) is 24.8. The van der Waals surface area contributed by atoms with Crippen molar-refractivity contribution in [3.8, 4) is 11.5 Å². The molecule has 0 saturated carbocycles. The summed E-state index contributed by atoms with van der Waals surface area (Å²) >= 11 is 0. The van der Waals surface area contributed by atoms with Crippen LogP contribution < -0.4 is 24.5 Å². The molecule has 0 aliphatic carbocycles. The number of benzene rings is 3. The highest BCUT2D eigenvalue weighted by molar-refractivity contribution is 7.92. The highest BCUT2D eigenvalue weighted by Gasteiger charge is 2.27. The molecule has 0 saturated heterocycles. The second-order valence-electron chi connectivity index (χ2n) is 8.76. The Labute approximate surface area is 243 Å². The lowest BCUT2D eigenvalue weighted by molar-refractivity contribution is -0.123. The number of amides is 2. The maximum Gasteiger partial charge on any atom is 0.264 e. The zero-order valence-corrected chi connectivity index (χ0v) is 23.6. The van der Waals surface area contributed by atoms with Crippen LogP contribution in [0, 0.1) is 0 Å². The smallest absolute Gasteiger partial charge is 0.264 e. The van der Waals surface area contributed by atoms with Crippen LogP contribution >= 0.6 is 0 Å². The van der Waals surface area contributed by atoms with Crippen molar-refractivity contribution in [2.24, 2.45) is 5.10 Å². The van der Waals surface area contributed by atoms with Crippen molar-refractivity contribution in [2.75, 3.05) is 24.1 Å². The molecule has 0 aliphatic rings. The summed E-state index contributed by atoms with van der Waals surface area (Å²) < 4.78 is 44.0. The van der Waals surface area contributed by atoms with Crippen LogP contribution in [0.4, 0.5) is 5.69 Å². The third kappa shape index (κ3) is 8.45. The molecule has 0 atom stereocenters. The van der Waals surface area contributed by atoms with Crippen LogP contribution in [0.5, 0.6) is 11.5 Å². The molecule has 218 valence electrons. The molecular weight excluding hydrogens is 560 g/mol. The fourth-order valence-electron chi connectivity index (χ4n) is 3.70. The first-order valence-corrected chi connectivity index (χ1v) is 14.4. The molecule has 0 aliphatic heterocycles. The molecule has 1 aromatic heterocycles. The third-order valence-electron chi connectivity index (χ3n) is 5.75. The van der Waals surface area contributed by atoms with E-state index in [1.54, 1.807) is 78.9 Å². The van der Waals surface area contributed by atoms with E-state index in [4.69, 9.17) is 13.9 Å². The van der Waals surface area contributed by atoms with Crippen LogP contribution in [0.1, 0.15) is 18.2 Å². The van der Waals surface area contributed by atoms with Crippen molar-refractivity contribution in [2.45, 2.75) is 18.4 Å². The number of ether oxygens (including phenoxy) is 2. The highest BCUT2D eigenvalue weighted by atomic mass is 32.2. The molecule has 2 amide bonds. The average molecular weight is 591 g/mol. The van der Waals surface area contributed by atoms with E-state index in [-0.39, 0.29) is 24.0 Å². The van der Waals surface area contributed by atoms with E-state index in [1.165, 1.54) is 24.6 Å². The van der Waals surface area contributed by atoms with Gasteiger partial charge >= 0.3 is 0 Å². The summed E-state index contributed by atoms with van der Waals surface area (Å²) in [6.45, 7) is 1.91. The average Bonchev–Trinajstić information content (AvgIpc) is 3.53.